The Kier molecular flexibility index (Phi) is 5.20. The molecule has 1 N–H and O–H groups in total. The van der Waals surface area contributed by atoms with Gasteiger partial charge in [0.15, 0.2) is 11.5 Å². The van der Waals surface area contributed by atoms with E-state index in [0.717, 1.165) is 23.9 Å². The Bertz CT molecular complexity index is 1080. The van der Waals surface area contributed by atoms with Gasteiger partial charge in [-0.25, -0.2) is 4.98 Å². The van der Waals surface area contributed by atoms with E-state index in [0.29, 0.717) is 23.6 Å². The predicted molar refractivity (Wildman–Crippen MR) is 110 cm³/mol. The molecule has 0 aliphatic rings. The summed E-state index contributed by atoms with van der Waals surface area (Å²) in [6.45, 7) is 2.54. The number of hydrogen-bond donors (Lipinski definition) is 1. The summed E-state index contributed by atoms with van der Waals surface area (Å²) in [5.74, 6) is 0.570. The molecule has 0 saturated heterocycles. The molecule has 4 aromatic rings. The Balaban J connectivity index is 1.42. The quantitative estimate of drug-likeness (QED) is 0.528. The smallest absolute Gasteiger partial charge is 0.251 e. The molecule has 1 amide bonds. The highest BCUT2D eigenvalue weighted by Gasteiger charge is 2.11. The van der Waals surface area contributed by atoms with Crippen LogP contribution in [-0.2, 0) is 19.4 Å². The second-order valence-corrected chi connectivity index (χ2v) is 6.94. The lowest BCUT2D eigenvalue weighted by Crippen LogP contribution is -2.22. The molecule has 4 rings (SSSR count). The molecule has 0 fully saturated rings. The maximum Gasteiger partial charge on any atom is 0.251 e. The Hall–Kier alpha value is -3.40. The van der Waals surface area contributed by atoms with Gasteiger partial charge in [-0.3, -0.25) is 4.79 Å². The van der Waals surface area contributed by atoms with Crippen LogP contribution in [0.2, 0.25) is 0 Å². The van der Waals surface area contributed by atoms with Gasteiger partial charge in [0.05, 0.1) is 0 Å². The highest BCUT2D eigenvalue weighted by Crippen LogP contribution is 2.19. The number of aryl methyl sites for hydroxylation is 3. The van der Waals surface area contributed by atoms with E-state index in [1.807, 2.05) is 55.5 Å². The molecule has 0 saturated carbocycles. The van der Waals surface area contributed by atoms with Gasteiger partial charge < -0.3 is 9.73 Å². The predicted octanol–water partition coefficient (Wildman–Crippen LogP) is 4.85. The molecule has 140 valence electrons. The largest absolute Gasteiger partial charge is 0.441 e. The second-order valence-electron chi connectivity index (χ2n) is 6.94. The molecule has 1 heterocycles. The van der Waals surface area contributed by atoms with Crippen molar-refractivity contribution in [3.8, 4) is 0 Å². The van der Waals surface area contributed by atoms with Gasteiger partial charge in [-0.15, -0.1) is 0 Å². The molecule has 0 bridgehead atoms. The van der Waals surface area contributed by atoms with Crippen molar-refractivity contribution in [3.05, 3.63) is 101 Å². The van der Waals surface area contributed by atoms with Crippen molar-refractivity contribution in [2.24, 2.45) is 0 Å². The van der Waals surface area contributed by atoms with Gasteiger partial charge in [0.1, 0.15) is 5.52 Å². The molecule has 3 aromatic carbocycles. The van der Waals surface area contributed by atoms with Crippen molar-refractivity contribution in [2.45, 2.75) is 26.3 Å². The van der Waals surface area contributed by atoms with Crippen LogP contribution in [0.5, 0.6) is 0 Å². The zero-order chi connectivity index (χ0) is 19.3. The van der Waals surface area contributed by atoms with Crippen LogP contribution in [-0.4, -0.2) is 10.9 Å². The molecule has 0 aliphatic carbocycles. The van der Waals surface area contributed by atoms with E-state index < -0.39 is 0 Å². The molecule has 0 radical (unpaired) electrons. The fourth-order valence-corrected chi connectivity index (χ4v) is 3.11. The summed E-state index contributed by atoms with van der Waals surface area (Å²) in [4.78, 5) is 17.0. The van der Waals surface area contributed by atoms with Gasteiger partial charge >= 0.3 is 0 Å². The lowest BCUT2D eigenvalue weighted by Gasteiger charge is -2.05. The molecule has 4 nitrogen and oxygen atoms in total. The summed E-state index contributed by atoms with van der Waals surface area (Å²) in [6.07, 6.45) is 1.60. The fourth-order valence-electron chi connectivity index (χ4n) is 3.11. The molecule has 0 spiro atoms. The van der Waals surface area contributed by atoms with Crippen LogP contribution in [0.15, 0.2) is 77.2 Å². The summed E-state index contributed by atoms with van der Waals surface area (Å²) >= 11 is 0. The first-order valence-electron chi connectivity index (χ1n) is 9.44. The van der Waals surface area contributed by atoms with Gasteiger partial charge in [-0.1, -0.05) is 60.2 Å². The SMILES string of the molecule is Cc1ccc(CNC(=O)c2ccc3nc(CCc4ccccc4)oc3c2)cc1. The lowest BCUT2D eigenvalue weighted by molar-refractivity contribution is 0.0951. The van der Waals surface area contributed by atoms with Gasteiger partial charge in [0, 0.05) is 18.5 Å². The molecule has 28 heavy (non-hydrogen) atoms. The normalized spacial score (nSPS) is 10.9. The Morgan fingerprint density at radius 1 is 0.929 bits per heavy atom. The van der Waals surface area contributed by atoms with Crippen LogP contribution in [0.1, 0.15) is 32.9 Å². The maximum absolute atomic E-state index is 12.5. The van der Waals surface area contributed by atoms with Crippen LogP contribution < -0.4 is 5.32 Å². The number of aromatic nitrogens is 1. The highest BCUT2D eigenvalue weighted by atomic mass is 16.3. The fraction of sp³-hybridized carbons (Fsp3) is 0.167. The monoisotopic (exact) mass is 370 g/mol. The third kappa shape index (κ3) is 4.29. The third-order valence-corrected chi connectivity index (χ3v) is 4.74. The summed E-state index contributed by atoms with van der Waals surface area (Å²) in [5, 5.41) is 2.95. The average molecular weight is 370 g/mol. The summed E-state index contributed by atoms with van der Waals surface area (Å²) in [7, 11) is 0. The number of fused-ring (bicyclic) bond motifs is 1. The highest BCUT2D eigenvalue weighted by molar-refractivity contribution is 5.96. The number of rotatable bonds is 6. The first-order valence-corrected chi connectivity index (χ1v) is 9.44. The van der Waals surface area contributed by atoms with E-state index in [1.54, 1.807) is 12.1 Å². The van der Waals surface area contributed by atoms with E-state index in [-0.39, 0.29) is 5.91 Å². The van der Waals surface area contributed by atoms with Crippen LogP contribution in [0.25, 0.3) is 11.1 Å². The second kappa shape index (κ2) is 8.09. The first kappa shape index (κ1) is 18.0. The number of nitrogens with zero attached hydrogens (tertiary/aromatic N) is 1. The minimum absolute atomic E-state index is 0.121. The van der Waals surface area contributed by atoms with E-state index in [4.69, 9.17) is 4.42 Å². The summed E-state index contributed by atoms with van der Waals surface area (Å²) < 4.78 is 5.87. The van der Waals surface area contributed by atoms with Crippen molar-refractivity contribution in [1.82, 2.24) is 10.3 Å². The van der Waals surface area contributed by atoms with Crippen LogP contribution in [0.3, 0.4) is 0 Å². The van der Waals surface area contributed by atoms with Crippen molar-refractivity contribution in [2.75, 3.05) is 0 Å². The number of carbonyl (C=O) groups is 1. The molecular weight excluding hydrogens is 348 g/mol. The average Bonchev–Trinajstić information content (AvgIpc) is 3.14. The van der Waals surface area contributed by atoms with E-state index in [1.165, 1.54) is 11.1 Å². The Morgan fingerprint density at radius 3 is 2.50 bits per heavy atom. The first-order chi connectivity index (χ1) is 13.7. The van der Waals surface area contributed by atoms with Gasteiger partial charge in [0.2, 0.25) is 0 Å². The van der Waals surface area contributed by atoms with Crippen molar-refractivity contribution in [3.63, 3.8) is 0 Å². The number of carbonyl (C=O) groups excluding carboxylic acids is 1. The number of hydrogen-bond acceptors (Lipinski definition) is 3. The van der Waals surface area contributed by atoms with Crippen molar-refractivity contribution in [1.29, 1.82) is 0 Å². The van der Waals surface area contributed by atoms with Crippen LogP contribution in [0.4, 0.5) is 0 Å². The number of oxazole rings is 1. The minimum atomic E-state index is -0.121. The molecule has 0 aliphatic heterocycles. The Labute approximate surface area is 164 Å². The van der Waals surface area contributed by atoms with E-state index >= 15 is 0 Å². The van der Waals surface area contributed by atoms with Gasteiger partial charge in [-0.05, 0) is 42.7 Å². The van der Waals surface area contributed by atoms with Crippen LogP contribution >= 0.6 is 0 Å². The van der Waals surface area contributed by atoms with E-state index in [2.05, 4.69) is 22.4 Å². The van der Waals surface area contributed by atoms with Gasteiger partial charge in [-0.2, -0.15) is 0 Å². The zero-order valence-corrected chi connectivity index (χ0v) is 15.8. The molecule has 1 aromatic heterocycles. The number of nitrogens with one attached hydrogen (secondary N) is 1. The van der Waals surface area contributed by atoms with Crippen molar-refractivity contribution >= 4 is 17.0 Å². The molecular formula is C24H22N2O2. The van der Waals surface area contributed by atoms with Crippen LogP contribution in [0, 0.1) is 6.92 Å². The molecule has 0 atom stereocenters. The number of benzene rings is 3. The van der Waals surface area contributed by atoms with Crippen molar-refractivity contribution < 1.29 is 9.21 Å². The van der Waals surface area contributed by atoms with E-state index in [9.17, 15) is 4.79 Å². The molecule has 0 unspecified atom stereocenters. The summed E-state index contributed by atoms with van der Waals surface area (Å²) in [5.41, 5.74) is 5.52. The van der Waals surface area contributed by atoms with Gasteiger partial charge in [0.25, 0.3) is 5.91 Å². The lowest BCUT2D eigenvalue weighted by atomic mass is 10.1. The standard InChI is InChI=1S/C24H22N2O2/c1-17-7-9-19(10-8-17)16-25-24(27)20-12-13-21-22(15-20)28-23(26-21)14-11-18-5-3-2-4-6-18/h2-10,12-13,15H,11,14,16H2,1H3,(H,25,27). The topological polar surface area (TPSA) is 55.1 Å². The zero-order valence-electron chi connectivity index (χ0n) is 15.8. The third-order valence-electron chi connectivity index (χ3n) is 4.74. The minimum Gasteiger partial charge on any atom is -0.441 e. The Morgan fingerprint density at radius 2 is 1.71 bits per heavy atom. The summed E-state index contributed by atoms with van der Waals surface area (Å²) in [6, 6.07) is 23.8. The maximum atomic E-state index is 12.5. The molecule has 4 heteroatoms. The number of amides is 1.